The highest BCUT2D eigenvalue weighted by molar-refractivity contribution is 6.33. The van der Waals surface area contributed by atoms with Crippen LogP contribution in [0.25, 0.3) is 0 Å². The SMILES string of the molecule is C=CCOC(=O)NCCCC[C@H](NC(=O)[C@H](Cc1ccccc1)NC(=O)[C@@H](C)NC(=O)OCC=C)C(=O)Nc1ccc(COC(=O)Oc2ccc([N+](=O)[O-])cc2)cc1Cl. The van der Waals surface area contributed by atoms with Crippen molar-refractivity contribution in [1.29, 1.82) is 0 Å². The van der Waals surface area contributed by atoms with Crippen molar-refractivity contribution in [2.75, 3.05) is 25.1 Å². The van der Waals surface area contributed by atoms with E-state index in [9.17, 15) is 38.9 Å². The predicted octanol–water partition coefficient (Wildman–Crippen LogP) is 5.50. The van der Waals surface area contributed by atoms with Crippen molar-refractivity contribution in [3.8, 4) is 5.75 Å². The van der Waals surface area contributed by atoms with Crippen molar-refractivity contribution >= 4 is 59.0 Å². The third-order valence-electron chi connectivity index (χ3n) is 8.03. The number of hydrogen-bond acceptors (Lipinski definition) is 12. The first-order valence-corrected chi connectivity index (χ1v) is 18.6. The summed E-state index contributed by atoms with van der Waals surface area (Å²) in [5, 5.41) is 24.0. The number of non-ortho nitro benzene ring substituents is 1. The number of hydrogen-bond donors (Lipinski definition) is 5. The van der Waals surface area contributed by atoms with E-state index >= 15 is 0 Å². The largest absolute Gasteiger partial charge is 0.514 e. The molecule has 0 aromatic heterocycles. The Morgan fingerprint density at radius 2 is 1.44 bits per heavy atom. The Morgan fingerprint density at radius 1 is 0.780 bits per heavy atom. The van der Waals surface area contributed by atoms with Crippen LogP contribution in [0.4, 0.5) is 25.8 Å². The van der Waals surface area contributed by atoms with E-state index in [4.69, 9.17) is 30.5 Å². The highest BCUT2D eigenvalue weighted by Gasteiger charge is 2.29. The summed E-state index contributed by atoms with van der Waals surface area (Å²) >= 11 is 6.49. The minimum atomic E-state index is -1.19. The zero-order chi connectivity index (χ0) is 43.2. The Morgan fingerprint density at radius 3 is 2.08 bits per heavy atom. The van der Waals surface area contributed by atoms with Gasteiger partial charge in [0.05, 0.1) is 15.6 Å². The summed E-state index contributed by atoms with van der Waals surface area (Å²) < 4.78 is 19.9. The van der Waals surface area contributed by atoms with E-state index in [1.807, 2.05) is 0 Å². The van der Waals surface area contributed by atoms with E-state index < -0.39 is 59.1 Å². The van der Waals surface area contributed by atoms with Crippen LogP contribution >= 0.6 is 11.6 Å². The van der Waals surface area contributed by atoms with Crippen molar-refractivity contribution < 1.29 is 52.6 Å². The number of nitro benzene ring substituents is 1. The molecule has 19 heteroatoms. The molecule has 5 N–H and O–H groups in total. The van der Waals surface area contributed by atoms with Gasteiger partial charge in [-0.15, -0.1) is 0 Å². The number of carbonyl (C=O) groups excluding carboxylic acids is 6. The highest BCUT2D eigenvalue weighted by Crippen LogP contribution is 2.25. The zero-order valence-corrected chi connectivity index (χ0v) is 32.9. The molecule has 3 atom stereocenters. The van der Waals surface area contributed by atoms with Gasteiger partial charge in [0.1, 0.15) is 43.7 Å². The molecule has 0 aliphatic heterocycles. The van der Waals surface area contributed by atoms with Gasteiger partial charge in [0.25, 0.3) is 5.69 Å². The second kappa shape index (κ2) is 24.6. The van der Waals surface area contributed by atoms with Crippen molar-refractivity contribution in [2.45, 2.75) is 57.3 Å². The Hall–Kier alpha value is -6.95. The van der Waals surface area contributed by atoms with Gasteiger partial charge in [-0.2, -0.15) is 0 Å². The molecule has 314 valence electrons. The third kappa shape index (κ3) is 17.0. The first kappa shape index (κ1) is 46.4. The first-order chi connectivity index (χ1) is 28.3. The lowest BCUT2D eigenvalue weighted by molar-refractivity contribution is -0.384. The maximum Gasteiger partial charge on any atom is 0.514 e. The van der Waals surface area contributed by atoms with E-state index in [-0.39, 0.29) is 61.4 Å². The fourth-order valence-corrected chi connectivity index (χ4v) is 5.29. The minimum Gasteiger partial charge on any atom is -0.445 e. The average Bonchev–Trinajstić information content (AvgIpc) is 3.21. The number of benzene rings is 3. The fraction of sp³-hybridized carbons (Fsp3) is 0.300. The van der Waals surface area contributed by atoms with Gasteiger partial charge in [0.15, 0.2) is 0 Å². The van der Waals surface area contributed by atoms with Crippen LogP contribution in [0.15, 0.2) is 98.1 Å². The van der Waals surface area contributed by atoms with Crippen molar-refractivity contribution in [1.82, 2.24) is 21.3 Å². The number of unbranched alkanes of at least 4 members (excludes halogenated alkanes) is 1. The summed E-state index contributed by atoms with van der Waals surface area (Å²) in [6.45, 7) is 8.25. The number of carbonyl (C=O) groups is 6. The molecule has 18 nitrogen and oxygen atoms in total. The van der Waals surface area contributed by atoms with Crippen LogP contribution in [0.2, 0.25) is 5.02 Å². The lowest BCUT2D eigenvalue weighted by Gasteiger charge is -2.25. The fourth-order valence-electron chi connectivity index (χ4n) is 5.04. The van der Waals surface area contributed by atoms with E-state index in [0.717, 1.165) is 0 Å². The standard InChI is InChI=1S/C40H45ClN6O12/c1-4-21-56-38(51)42-20-10-9-13-33(45-37(50)34(24-27-11-7-6-8-12-27)46-35(48)26(3)43-39(52)57-22-5-2)36(49)44-32-19-14-28(23-31(32)41)25-58-40(53)59-30-17-15-29(16-18-30)47(54)55/h4-8,11-12,14-19,23,26,33-34H,1-2,9-10,13,20-22,24-25H2,3H3,(H,42,51)(H,43,52)(H,44,49)(H,45,50)(H,46,48)/t26-,33+,34+/m1/s1. The number of ether oxygens (including phenoxy) is 4. The molecule has 3 aromatic rings. The van der Waals surface area contributed by atoms with Gasteiger partial charge < -0.3 is 45.5 Å². The van der Waals surface area contributed by atoms with Crippen LogP contribution in [0.3, 0.4) is 0 Å². The molecule has 0 spiro atoms. The number of halogens is 1. The van der Waals surface area contributed by atoms with Crippen molar-refractivity contribution in [2.24, 2.45) is 0 Å². The summed E-state index contributed by atoms with van der Waals surface area (Å²) in [6, 6.07) is 14.6. The number of nitrogens with one attached hydrogen (secondary N) is 5. The molecular weight excluding hydrogens is 792 g/mol. The Balaban J connectivity index is 1.72. The van der Waals surface area contributed by atoms with E-state index in [0.29, 0.717) is 24.0 Å². The number of rotatable bonds is 22. The molecule has 0 bridgehead atoms. The molecule has 5 amide bonds. The summed E-state index contributed by atoms with van der Waals surface area (Å²) in [6.07, 6.45) is 1.09. The van der Waals surface area contributed by atoms with Gasteiger partial charge in [0.2, 0.25) is 17.7 Å². The lowest BCUT2D eigenvalue weighted by Crippen LogP contribution is -2.56. The van der Waals surface area contributed by atoms with E-state index in [2.05, 4.69) is 39.7 Å². The van der Waals surface area contributed by atoms with E-state index in [1.54, 1.807) is 30.3 Å². The molecule has 0 saturated carbocycles. The number of amides is 5. The maximum absolute atomic E-state index is 13.9. The molecule has 0 aliphatic rings. The normalized spacial score (nSPS) is 11.9. The number of alkyl carbamates (subject to hydrolysis) is 2. The predicted molar refractivity (Wildman–Crippen MR) is 216 cm³/mol. The maximum atomic E-state index is 13.9. The van der Waals surface area contributed by atoms with Crippen LogP contribution in [0, 0.1) is 10.1 Å². The third-order valence-corrected chi connectivity index (χ3v) is 8.34. The van der Waals surface area contributed by atoms with Crippen molar-refractivity contribution in [3.05, 3.63) is 124 Å². The lowest BCUT2D eigenvalue weighted by atomic mass is 10.0. The van der Waals surface area contributed by atoms with Crippen LogP contribution in [0.5, 0.6) is 5.75 Å². The van der Waals surface area contributed by atoms with Crippen LogP contribution < -0.4 is 31.3 Å². The molecular formula is C40H45ClN6O12. The molecule has 0 fully saturated rings. The average molecular weight is 837 g/mol. The molecule has 59 heavy (non-hydrogen) atoms. The number of nitro groups is 1. The van der Waals surface area contributed by atoms with Gasteiger partial charge in [-0.25, -0.2) is 14.4 Å². The summed E-state index contributed by atoms with van der Waals surface area (Å²) in [7, 11) is 0. The molecule has 0 heterocycles. The van der Waals surface area contributed by atoms with Gasteiger partial charge in [-0.3, -0.25) is 24.5 Å². The zero-order valence-electron chi connectivity index (χ0n) is 32.1. The molecule has 0 saturated heterocycles. The smallest absolute Gasteiger partial charge is 0.445 e. The van der Waals surface area contributed by atoms with Gasteiger partial charge >= 0.3 is 18.3 Å². The molecule has 0 aliphatic carbocycles. The summed E-state index contributed by atoms with van der Waals surface area (Å²) in [5.41, 5.74) is 1.11. The van der Waals surface area contributed by atoms with Gasteiger partial charge in [-0.05, 0) is 61.6 Å². The second-order valence-corrected chi connectivity index (χ2v) is 13.0. The highest BCUT2D eigenvalue weighted by atomic mass is 35.5. The monoisotopic (exact) mass is 836 g/mol. The van der Waals surface area contributed by atoms with Gasteiger partial charge in [0, 0.05) is 25.1 Å². The van der Waals surface area contributed by atoms with E-state index in [1.165, 1.54) is 61.5 Å². The molecule has 3 aromatic carbocycles. The van der Waals surface area contributed by atoms with Gasteiger partial charge in [-0.1, -0.05) is 73.3 Å². The van der Waals surface area contributed by atoms with Crippen molar-refractivity contribution in [3.63, 3.8) is 0 Å². The van der Waals surface area contributed by atoms with Crippen LogP contribution in [-0.2, 0) is 41.6 Å². The number of nitrogens with zero attached hydrogens (tertiary/aromatic N) is 1. The topological polar surface area (TPSA) is 243 Å². The minimum absolute atomic E-state index is 0.0301. The first-order valence-electron chi connectivity index (χ1n) is 18.2. The summed E-state index contributed by atoms with van der Waals surface area (Å²) in [5.74, 6) is -2.02. The molecule has 0 radical (unpaired) electrons. The molecule has 3 rings (SSSR count). The molecule has 0 unspecified atom stereocenters. The van der Waals surface area contributed by atoms with Crippen LogP contribution in [0.1, 0.15) is 37.3 Å². The Kier molecular flexibility index (Phi) is 19.4. The second-order valence-electron chi connectivity index (χ2n) is 12.6. The Bertz CT molecular complexity index is 1950. The summed E-state index contributed by atoms with van der Waals surface area (Å²) in [4.78, 5) is 87.2. The Labute approximate surface area is 344 Å². The quantitative estimate of drug-likeness (QED) is 0.0160. The number of anilines is 1. The van der Waals surface area contributed by atoms with Crippen LogP contribution in [-0.4, -0.2) is 78.9 Å².